The zero-order valence-electron chi connectivity index (χ0n) is 17.5. The third-order valence-electron chi connectivity index (χ3n) is 5.37. The van der Waals surface area contributed by atoms with Crippen LogP contribution < -0.4 is 0 Å². The number of thioether (sulfide) groups is 1. The topological polar surface area (TPSA) is 60.2 Å². The quantitative estimate of drug-likeness (QED) is 0.584. The van der Waals surface area contributed by atoms with Gasteiger partial charge in [0.15, 0.2) is 11.0 Å². The summed E-state index contributed by atoms with van der Waals surface area (Å²) in [5.41, 5.74) is 4.42. The maximum Gasteiger partial charge on any atom is 0.236 e. The first kappa shape index (κ1) is 20.6. The molecule has 1 aromatic heterocycles. The van der Waals surface area contributed by atoms with Crippen LogP contribution >= 0.6 is 11.8 Å². The van der Waals surface area contributed by atoms with E-state index >= 15 is 0 Å². The molecular formula is C23H26N4O2S. The lowest BCUT2D eigenvalue weighted by Crippen LogP contribution is -2.44. The first-order valence-corrected chi connectivity index (χ1v) is 11.0. The standard InChI is InChI=1S/C23H26N4O2S/c1-16-9-10-20(15-17(16)2)27-21(19-7-5-4-6-8-19)24-25-23(27)30-18(3)22(28)26-11-13-29-14-12-26/h4-10,15,18H,11-14H2,1-3H3. The number of hydrogen-bond acceptors (Lipinski definition) is 5. The van der Waals surface area contributed by atoms with Gasteiger partial charge < -0.3 is 9.64 Å². The maximum atomic E-state index is 12.9. The van der Waals surface area contributed by atoms with Gasteiger partial charge in [-0.3, -0.25) is 9.36 Å². The molecule has 2 aromatic carbocycles. The molecule has 1 atom stereocenters. The Hall–Kier alpha value is -2.64. The number of carbonyl (C=O) groups excluding carboxylic acids is 1. The SMILES string of the molecule is Cc1ccc(-n2c(SC(C)C(=O)N3CCOCC3)nnc2-c2ccccc2)cc1C. The van der Waals surface area contributed by atoms with E-state index in [0.29, 0.717) is 31.5 Å². The van der Waals surface area contributed by atoms with Gasteiger partial charge in [-0.05, 0) is 44.0 Å². The number of hydrogen-bond donors (Lipinski definition) is 0. The van der Waals surface area contributed by atoms with Gasteiger partial charge >= 0.3 is 0 Å². The highest BCUT2D eigenvalue weighted by molar-refractivity contribution is 8.00. The van der Waals surface area contributed by atoms with E-state index in [1.807, 2.05) is 42.2 Å². The molecule has 0 spiro atoms. The first-order chi connectivity index (χ1) is 14.5. The van der Waals surface area contributed by atoms with Crippen LogP contribution in [0.3, 0.4) is 0 Å². The van der Waals surface area contributed by atoms with Crippen LogP contribution in [0, 0.1) is 13.8 Å². The average Bonchev–Trinajstić information content (AvgIpc) is 3.19. The van der Waals surface area contributed by atoms with Crippen molar-refractivity contribution in [1.82, 2.24) is 19.7 Å². The van der Waals surface area contributed by atoms with Crippen molar-refractivity contribution in [2.45, 2.75) is 31.2 Å². The van der Waals surface area contributed by atoms with Crippen LogP contribution in [0.25, 0.3) is 17.1 Å². The Labute approximate surface area is 181 Å². The minimum Gasteiger partial charge on any atom is -0.378 e. The van der Waals surface area contributed by atoms with Crippen molar-refractivity contribution in [3.63, 3.8) is 0 Å². The lowest BCUT2D eigenvalue weighted by Gasteiger charge is -2.28. The fourth-order valence-corrected chi connectivity index (χ4v) is 4.42. The normalized spacial score (nSPS) is 15.2. The number of amides is 1. The molecule has 6 nitrogen and oxygen atoms in total. The van der Waals surface area contributed by atoms with Gasteiger partial charge in [0.05, 0.1) is 24.2 Å². The van der Waals surface area contributed by atoms with Gasteiger partial charge in [0.25, 0.3) is 0 Å². The van der Waals surface area contributed by atoms with Crippen molar-refractivity contribution in [2.24, 2.45) is 0 Å². The summed E-state index contributed by atoms with van der Waals surface area (Å²) < 4.78 is 7.42. The number of nitrogens with zero attached hydrogens (tertiary/aromatic N) is 4. The molecule has 4 rings (SSSR count). The fourth-order valence-electron chi connectivity index (χ4n) is 3.47. The Kier molecular flexibility index (Phi) is 6.20. The van der Waals surface area contributed by atoms with Crippen molar-refractivity contribution in [1.29, 1.82) is 0 Å². The molecule has 0 saturated carbocycles. The summed E-state index contributed by atoms with van der Waals surface area (Å²) in [5, 5.41) is 9.41. The second kappa shape index (κ2) is 9.02. The van der Waals surface area contributed by atoms with Crippen molar-refractivity contribution >= 4 is 17.7 Å². The Morgan fingerprint density at radius 2 is 1.77 bits per heavy atom. The molecule has 7 heteroatoms. The molecule has 1 saturated heterocycles. The Morgan fingerprint density at radius 1 is 1.03 bits per heavy atom. The Balaban J connectivity index is 1.70. The highest BCUT2D eigenvalue weighted by atomic mass is 32.2. The fraction of sp³-hybridized carbons (Fsp3) is 0.348. The van der Waals surface area contributed by atoms with Gasteiger partial charge in [0, 0.05) is 18.7 Å². The lowest BCUT2D eigenvalue weighted by atomic mass is 10.1. The largest absolute Gasteiger partial charge is 0.378 e. The summed E-state index contributed by atoms with van der Waals surface area (Å²) in [5.74, 6) is 0.881. The summed E-state index contributed by atoms with van der Waals surface area (Å²) in [6.07, 6.45) is 0. The van der Waals surface area contributed by atoms with Crippen LogP contribution in [0.5, 0.6) is 0 Å². The van der Waals surface area contributed by atoms with Gasteiger partial charge in [-0.1, -0.05) is 48.2 Å². The minimum absolute atomic E-state index is 0.110. The van der Waals surface area contributed by atoms with E-state index in [2.05, 4.69) is 46.8 Å². The van der Waals surface area contributed by atoms with Crippen molar-refractivity contribution < 1.29 is 9.53 Å². The predicted octanol–water partition coefficient (Wildman–Crippen LogP) is 3.89. The molecule has 1 aliphatic rings. The van der Waals surface area contributed by atoms with E-state index in [9.17, 15) is 4.79 Å². The van der Waals surface area contributed by atoms with E-state index in [4.69, 9.17) is 4.74 Å². The van der Waals surface area contributed by atoms with Crippen molar-refractivity contribution in [3.05, 3.63) is 59.7 Å². The van der Waals surface area contributed by atoms with Gasteiger partial charge in [-0.2, -0.15) is 0 Å². The first-order valence-electron chi connectivity index (χ1n) is 10.2. The van der Waals surface area contributed by atoms with Crippen LogP contribution in [0.1, 0.15) is 18.1 Å². The number of benzene rings is 2. The molecule has 2 heterocycles. The maximum absolute atomic E-state index is 12.9. The molecular weight excluding hydrogens is 396 g/mol. The molecule has 156 valence electrons. The van der Waals surface area contributed by atoms with Crippen LogP contribution in [0.15, 0.2) is 53.7 Å². The van der Waals surface area contributed by atoms with Crippen molar-refractivity contribution in [2.75, 3.05) is 26.3 Å². The molecule has 0 N–H and O–H groups in total. The van der Waals surface area contributed by atoms with Gasteiger partial charge in [-0.15, -0.1) is 10.2 Å². The van der Waals surface area contributed by atoms with Gasteiger partial charge in [-0.25, -0.2) is 0 Å². The van der Waals surface area contributed by atoms with Crippen LogP contribution in [0.2, 0.25) is 0 Å². The summed E-state index contributed by atoms with van der Waals surface area (Å²) in [7, 11) is 0. The molecule has 1 fully saturated rings. The molecule has 1 unspecified atom stereocenters. The van der Waals surface area contributed by atoms with Crippen LogP contribution in [-0.4, -0.2) is 57.1 Å². The molecule has 1 amide bonds. The predicted molar refractivity (Wildman–Crippen MR) is 119 cm³/mol. The third kappa shape index (κ3) is 4.27. The second-order valence-electron chi connectivity index (χ2n) is 7.47. The zero-order chi connectivity index (χ0) is 21.1. The smallest absolute Gasteiger partial charge is 0.236 e. The summed E-state index contributed by atoms with van der Waals surface area (Å²) in [6.45, 7) is 8.61. The molecule has 3 aromatic rings. The summed E-state index contributed by atoms with van der Waals surface area (Å²) in [6, 6.07) is 16.4. The number of ether oxygens (including phenoxy) is 1. The highest BCUT2D eigenvalue weighted by Gasteiger charge is 2.26. The van der Waals surface area contributed by atoms with Gasteiger partial charge in [0.2, 0.25) is 5.91 Å². The summed E-state index contributed by atoms with van der Waals surface area (Å²) >= 11 is 1.45. The van der Waals surface area contributed by atoms with E-state index in [-0.39, 0.29) is 11.2 Å². The van der Waals surface area contributed by atoms with Crippen LogP contribution in [-0.2, 0) is 9.53 Å². The highest BCUT2D eigenvalue weighted by Crippen LogP contribution is 2.31. The summed E-state index contributed by atoms with van der Waals surface area (Å²) in [4.78, 5) is 14.8. The van der Waals surface area contributed by atoms with E-state index in [1.54, 1.807) is 0 Å². The number of aryl methyl sites for hydroxylation is 2. The Morgan fingerprint density at radius 3 is 2.47 bits per heavy atom. The number of aromatic nitrogens is 3. The average molecular weight is 423 g/mol. The Bertz CT molecular complexity index is 1030. The number of rotatable bonds is 5. The zero-order valence-corrected chi connectivity index (χ0v) is 18.4. The lowest BCUT2D eigenvalue weighted by molar-refractivity contribution is -0.134. The van der Waals surface area contributed by atoms with Crippen LogP contribution in [0.4, 0.5) is 0 Å². The molecule has 0 bridgehead atoms. The number of carbonyl (C=O) groups is 1. The molecule has 0 radical (unpaired) electrons. The third-order valence-corrected chi connectivity index (χ3v) is 6.40. The van der Waals surface area contributed by atoms with Crippen molar-refractivity contribution in [3.8, 4) is 17.1 Å². The van der Waals surface area contributed by atoms with E-state index in [0.717, 1.165) is 17.1 Å². The molecule has 0 aliphatic carbocycles. The molecule has 30 heavy (non-hydrogen) atoms. The van der Waals surface area contributed by atoms with E-state index < -0.39 is 0 Å². The van der Waals surface area contributed by atoms with E-state index in [1.165, 1.54) is 22.9 Å². The van der Waals surface area contributed by atoms with Gasteiger partial charge in [0.1, 0.15) is 0 Å². The second-order valence-corrected chi connectivity index (χ2v) is 8.78. The minimum atomic E-state index is -0.263. The monoisotopic (exact) mass is 422 g/mol. The molecule has 1 aliphatic heterocycles. The number of morpholine rings is 1.